The summed E-state index contributed by atoms with van der Waals surface area (Å²) >= 11 is 7.52. The van der Waals surface area contributed by atoms with Crippen molar-refractivity contribution < 1.29 is 19.1 Å². The molecule has 0 saturated carbocycles. The molecular weight excluding hydrogens is 362 g/mol. The molecule has 1 aromatic heterocycles. The quantitative estimate of drug-likeness (QED) is 0.795. The third-order valence-corrected chi connectivity index (χ3v) is 5.37. The fourth-order valence-corrected chi connectivity index (χ4v) is 4.13. The van der Waals surface area contributed by atoms with E-state index in [1.165, 1.54) is 12.0 Å². The second kappa shape index (κ2) is 7.89. The fourth-order valence-electron chi connectivity index (χ4n) is 2.84. The van der Waals surface area contributed by atoms with Crippen molar-refractivity contribution in [3.63, 3.8) is 0 Å². The van der Waals surface area contributed by atoms with Crippen LogP contribution in [0.5, 0.6) is 5.75 Å². The Kier molecular flexibility index (Phi) is 5.60. The highest BCUT2D eigenvalue weighted by Crippen LogP contribution is 2.31. The van der Waals surface area contributed by atoms with Crippen LogP contribution in [0.15, 0.2) is 23.6 Å². The van der Waals surface area contributed by atoms with E-state index >= 15 is 0 Å². The number of thiophene rings is 1. The number of esters is 1. The first kappa shape index (κ1) is 17.8. The average Bonchev–Trinajstić information content (AvgIpc) is 3.04. The lowest BCUT2D eigenvalue weighted by Gasteiger charge is -2.13. The minimum absolute atomic E-state index is 0.362. The highest BCUT2D eigenvalue weighted by molar-refractivity contribution is 7.10. The predicted molar refractivity (Wildman–Crippen MR) is 97.9 cm³/mol. The van der Waals surface area contributed by atoms with Gasteiger partial charge in [-0.25, -0.2) is 4.79 Å². The molecule has 3 rings (SSSR count). The van der Waals surface area contributed by atoms with Crippen LogP contribution in [0.4, 0.5) is 5.69 Å². The van der Waals surface area contributed by atoms with Gasteiger partial charge in [-0.2, -0.15) is 0 Å². The van der Waals surface area contributed by atoms with Crippen LogP contribution in [0.25, 0.3) is 0 Å². The molecule has 0 fully saturated rings. The lowest BCUT2D eigenvalue weighted by atomic mass is 9.96. The maximum atomic E-state index is 12.3. The van der Waals surface area contributed by atoms with Crippen molar-refractivity contribution in [1.82, 2.24) is 0 Å². The van der Waals surface area contributed by atoms with Crippen molar-refractivity contribution >= 4 is 40.5 Å². The van der Waals surface area contributed by atoms with Gasteiger partial charge in [-0.3, -0.25) is 4.79 Å². The van der Waals surface area contributed by atoms with Crippen LogP contribution in [0.2, 0.25) is 5.02 Å². The number of carbonyl (C=O) groups excluding carboxylic acids is 2. The smallest absolute Gasteiger partial charge is 0.339 e. The lowest BCUT2D eigenvalue weighted by Crippen LogP contribution is -2.21. The molecule has 25 heavy (non-hydrogen) atoms. The van der Waals surface area contributed by atoms with Gasteiger partial charge in [0.25, 0.3) is 5.91 Å². The number of anilines is 1. The topological polar surface area (TPSA) is 64.6 Å². The summed E-state index contributed by atoms with van der Waals surface area (Å²) in [5.41, 5.74) is 2.11. The van der Waals surface area contributed by atoms with E-state index in [2.05, 4.69) is 5.32 Å². The van der Waals surface area contributed by atoms with Crippen molar-refractivity contribution in [1.29, 1.82) is 0 Å². The molecule has 1 N–H and O–H groups in total. The summed E-state index contributed by atoms with van der Waals surface area (Å²) in [7, 11) is 1.50. The monoisotopic (exact) mass is 379 g/mol. The number of ether oxygens (including phenoxy) is 2. The zero-order chi connectivity index (χ0) is 17.8. The Bertz CT molecular complexity index is 802. The van der Waals surface area contributed by atoms with Crippen LogP contribution in [0.3, 0.4) is 0 Å². The van der Waals surface area contributed by atoms with Crippen LogP contribution < -0.4 is 10.1 Å². The molecule has 5 nitrogen and oxygen atoms in total. The van der Waals surface area contributed by atoms with Gasteiger partial charge in [0.05, 0.1) is 18.4 Å². The Balaban J connectivity index is 1.60. The third kappa shape index (κ3) is 4.14. The summed E-state index contributed by atoms with van der Waals surface area (Å²) < 4.78 is 10.3. The normalized spacial score (nSPS) is 13.0. The van der Waals surface area contributed by atoms with Gasteiger partial charge in [0, 0.05) is 15.3 Å². The largest absolute Gasteiger partial charge is 0.495 e. The Hall–Kier alpha value is -2.05. The van der Waals surface area contributed by atoms with Crippen molar-refractivity contribution in [2.45, 2.75) is 25.7 Å². The first-order chi connectivity index (χ1) is 12.1. The molecule has 7 heteroatoms. The van der Waals surface area contributed by atoms with Crippen molar-refractivity contribution in [2.75, 3.05) is 19.0 Å². The number of halogens is 1. The van der Waals surface area contributed by atoms with Crippen LogP contribution in [0, 0.1) is 0 Å². The molecule has 0 radical (unpaired) electrons. The summed E-state index contributed by atoms with van der Waals surface area (Å²) in [6, 6.07) is 4.90. The Labute approximate surface area is 154 Å². The van der Waals surface area contributed by atoms with E-state index in [0.29, 0.717) is 22.0 Å². The fraction of sp³-hybridized carbons (Fsp3) is 0.333. The molecule has 0 spiro atoms. The van der Waals surface area contributed by atoms with Crippen LogP contribution in [0.1, 0.15) is 33.6 Å². The zero-order valence-corrected chi connectivity index (χ0v) is 15.3. The zero-order valence-electron chi connectivity index (χ0n) is 13.8. The molecule has 0 aliphatic heterocycles. The maximum absolute atomic E-state index is 12.3. The second-order valence-electron chi connectivity index (χ2n) is 5.73. The summed E-state index contributed by atoms with van der Waals surface area (Å²) in [6.45, 7) is -0.362. The van der Waals surface area contributed by atoms with Gasteiger partial charge in [0.2, 0.25) is 0 Å². The molecule has 0 saturated heterocycles. The molecule has 0 atom stereocenters. The van der Waals surface area contributed by atoms with E-state index in [1.54, 1.807) is 29.5 Å². The van der Waals surface area contributed by atoms with Crippen LogP contribution in [-0.2, 0) is 22.4 Å². The minimum atomic E-state index is -0.451. The first-order valence-electron chi connectivity index (χ1n) is 7.98. The van der Waals surface area contributed by atoms with Gasteiger partial charge in [-0.1, -0.05) is 11.6 Å². The lowest BCUT2D eigenvalue weighted by molar-refractivity contribution is -0.119. The molecule has 0 unspecified atom stereocenters. The predicted octanol–water partition coefficient (Wildman–Crippen LogP) is 4.08. The molecule has 1 heterocycles. The van der Waals surface area contributed by atoms with Gasteiger partial charge >= 0.3 is 5.97 Å². The van der Waals surface area contributed by atoms with Gasteiger partial charge < -0.3 is 14.8 Å². The number of nitrogens with one attached hydrogen (secondary N) is 1. The standard InChI is InChI=1S/C18H18ClNO4S/c1-23-15-7-6-11(19)8-14(15)20-17(21)9-24-18(22)13-10-25-16-5-3-2-4-12(13)16/h6-8,10H,2-5,9H2,1H3,(H,20,21). The van der Waals surface area contributed by atoms with E-state index in [1.807, 2.05) is 5.38 Å². The van der Waals surface area contributed by atoms with Crippen LogP contribution >= 0.6 is 22.9 Å². The van der Waals surface area contributed by atoms with Gasteiger partial charge in [0.1, 0.15) is 5.75 Å². The number of carbonyl (C=O) groups is 2. The summed E-state index contributed by atoms with van der Waals surface area (Å²) in [5.74, 6) is -0.415. The Morgan fingerprint density at radius 1 is 1.28 bits per heavy atom. The number of benzene rings is 1. The summed E-state index contributed by atoms with van der Waals surface area (Å²) in [4.78, 5) is 25.6. The number of hydrogen-bond donors (Lipinski definition) is 1. The number of rotatable bonds is 5. The second-order valence-corrected chi connectivity index (χ2v) is 7.13. The molecule has 1 amide bonds. The summed E-state index contributed by atoms with van der Waals surface area (Å²) in [6.07, 6.45) is 4.16. The molecule has 0 bridgehead atoms. The molecular formula is C18H18ClNO4S. The molecule has 1 aliphatic rings. The van der Waals surface area contributed by atoms with E-state index in [9.17, 15) is 9.59 Å². The van der Waals surface area contributed by atoms with Crippen molar-refractivity contribution in [3.8, 4) is 5.75 Å². The average molecular weight is 380 g/mol. The SMILES string of the molecule is COc1ccc(Cl)cc1NC(=O)COC(=O)c1csc2c1CCCC2. The summed E-state index contributed by atoms with van der Waals surface area (Å²) in [5, 5.41) is 4.94. The van der Waals surface area contributed by atoms with E-state index in [4.69, 9.17) is 21.1 Å². The maximum Gasteiger partial charge on any atom is 0.339 e. The van der Waals surface area contributed by atoms with E-state index < -0.39 is 11.9 Å². The Morgan fingerprint density at radius 2 is 2.08 bits per heavy atom. The van der Waals surface area contributed by atoms with Gasteiger partial charge in [-0.05, 0) is 49.4 Å². The number of aryl methyl sites for hydroxylation is 1. The highest BCUT2D eigenvalue weighted by atomic mass is 35.5. The van der Waals surface area contributed by atoms with E-state index in [0.717, 1.165) is 31.2 Å². The Morgan fingerprint density at radius 3 is 2.88 bits per heavy atom. The van der Waals surface area contributed by atoms with E-state index in [-0.39, 0.29) is 6.61 Å². The van der Waals surface area contributed by atoms with Crippen LogP contribution in [-0.4, -0.2) is 25.6 Å². The molecule has 1 aromatic carbocycles. The highest BCUT2D eigenvalue weighted by Gasteiger charge is 2.21. The molecule has 1 aliphatic carbocycles. The van der Waals surface area contributed by atoms with Crippen molar-refractivity contribution in [2.24, 2.45) is 0 Å². The minimum Gasteiger partial charge on any atom is -0.495 e. The number of amides is 1. The number of fused-ring (bicyclic) bond motifs is 1. The van der Waals surface area contributed by atoms with Crippen molar-refractivity contribution in [3.05, 3.63) is 44.6 Å². The van der Waals surface area contributed by atoms with Gasteiger partial charge in [-0.15, -0.1) is 11.3 Å². The molecule has 2 aromatic rings. The first-order valence-corrected chi connectivity index (χ1v) is 9.24. The number of hydrogen-bond acceptors (Lipinski definition) is 5. The van der Waals surface area contributed by atoms with Gasteiger partial charge in [0.15, 0.2) is 6.61 Å². The number of methoxy groups -OCH3 is 1. The third-order valence-electron chi connectivity index (χ3n) is 4.05. The molecule has 132 valence electrons.